The summed E-state index contributed by atoms with van der Waals surface area (Å²) in [5.74, 6) is 0. The molecule has 80 valence electrons. The normalized spacial score (nSPS) is 12.0. The Hall–Kier alpha value is -0.0800. The average molecular weight is 188 g/mol. The van der Waals surface area contributed by atoms with Gasteiger partial charge in [0.25, 0.3) is 0 Å². The Morgan fingerprint density at radius 2 is 1.46 bits per heavy atom. The molecule has 2 heteroatoms. The van der Waals surface area contributed by atoms with Crippen LogP contribution < -0.4 is 0 Å². The summed E-state index contributed by atoms with van der Waals surface area (Å²) < 4.78 is 0. The van der Waals surface area contributed by atoms with Crippen LogP contribution in [0.4, 0.5) is 0 Å². The van der Waals surface area contributed by atoms with E-state index in [9.17, 15) is 0 Å². The maximum atomic E-state index is 8.98. The molecule has 0 amide bonds. The highest BCUT2D eigenvalue weighted by Crippen LogP contribution is 2.35. The van der Waals surface area contributed by atoms with Gasteiger partial charge in [-0.2, -0.15) is 0 Å². The van der Waals surface area contributed by atoms with E-state index < -0.39 is 0 Å². The van der Waals surface area contributed by atoms with Crippen LogP contribution in [0.15, 0.2) is 0 Å². The van der Waals surface area contributed by atoms with Gasteiger partial charge >= 0.3 is 0 Å². The van der Waals surface area contributed by atoms with Gasteiger partial charge in [-0.15, -0.1) is 0 Å². The lowest BCUT2D eigenvalue weighted by atomic mass is 9.75. The first-order valence-electron chi connectivity index (χ1n) is 5.46. The molecule has 0 radical (unpaired) electrons. The molecule has 0 aliphatic rings. The second kappa shape index (κ2) is 7.34. The van der Waals surface area contributed by atoms with E-state index >= 15 is 0 Å². The van der Waals surface area contributed by atoms with Crippen molar-refractivity contribution in [1.82, 2.24) is 0 Å². The Balaban J connectivity index is 4.07. The second-order valence-corrected chi connectivity index (χ2v) is 3.90. The van der Waals surface area contributed by atoms with E-state index in [4.69, 9.17) is 10.2 Å². The largest absolute Gasteiger partial charge is 0.396 e. The van der Waals surface area contributed by atoms with Crippen LogP contribution in [0.3, 0.4) is 0 Å². The minimum absolute atomic E-state index is 0.194. The van der Waals surface area contributed by atoms with Gasteiger partial charge in [-0.05, 0) is 24.7 Å². The van der Waals surface area contributed by atoms with Crippen molar-refractivity contribution in [3.63, 3.8) is 0 Å². The molecule has 0 aromatic heterocycles. The predicted molar refractivity (Wildman–Crippen MR) is 55.7 cm³/mol. The molecule has 0 spiro atoms. The number of hydrogen-bond donors (Lipinski definition) is 2. The summed E-state index contributed by atoms with van der Waals surface area (Å²) in [5.41, 5.74) is 0.194. The summed E-state index contributed by atoms with van der Waals surface area (Å²) in [6.45, 7) is 4.83. The van der Waals surface area contributed by atoms with Crippen molar-refractivity contribution in [2.45, 2.75) is 52.4 Å². The van der Waals surface area contributed by atoms with Crippen molar-refractivity contribution >= 4 is 0 Å². The van der Waals surface area contributed by atoms with Crippen molar-refractivity contribution in [2.75, 3.05) is 13.2 Å². The third-order valence-electron chi connectivity index (χ3n) is 3.09. The minimum Gasteiger partial charge on any atom is -0.396 e. The van der Waals surface area contributed by atoms with Crippen LogP contribution in [0.1, 0.15) is 52.4 Å². The molecule has 0 saturated heterocycles. The lowest BCUT2D eigenvalue weighted by Crippen LogP contribution is -2.23. The number of aliphatic hydroxyl groups is 2. The molecule has 0 aromatic rings. The SMILES string of the molecule is CCCCC(CC)(CCO)CCO. The van der Waals surface area contributed by atoms with Gasteiger partial charge in [0.15, 0.2) is 0 Å². The molecule has 0 aliphatic carbocycles. The summed E-state index contributed by atoms with van der Waals surface area (Å²) in [6.07, 6.45) is 6.27. The fourth-order valence-corrected chi connectivity index (χ4v) is 1.93. The van der Waals surface area contributed by atoms with Crippen LogP contribution in [0.2, 0.25) is 0 Å². The van der Waals surface area contributed by atoms with E-state index in [1.54, 1.807) is 0 Å². The quantitative estimate of drug-likeness (QED) is 0.614. The van der Waals surface area contributed by atoms with E-state index in [2.05, 4.69) is 13.8 Å². The summed E-state index contributed by atoms with van der Waals surface area (Å²) in [6, 6.07) is 0. The standard InChI is InChI=1S/C11H24O2/c1-3-5-6-11(4-2,7-9-12)8-10-13/h12-13H,3-10H2,1-2H3. The first-order valence-corrected chi connectivity index (χ1v) is 5.46. The molecule has 0 atom stereocenters. The fraction of sp³-hybridized carbons (Fsp3) is 1.00. The van der Waals surface area contributed by atoms with Crippen LogP contribution in [-0.4, -0.2) is 23.4 Å². The monoisotopic (exact) mass is 188 g/mol. The smallest absolute Gasteiger partial charge is 0.0436 e. The molecule has 0 aliphatic heterocycles. The lowest BCUT2D eigenvalue weighted by Gasteiger charge is -2.31. The first kappa shape index (κ1) is 12.9. The van der Waals surface area contributed by atoms with E-state index in [0.717, 1.165) is 25.7 Å². The van der Waals surface area contributed by atoms with Gasteiger partial charge in [0.1, 0.15) is 0 Å². The average Bonchev–Trinajstić information content (AvgIpc) is 2.15. The van der Waals surface area contributed by atoms with Crippen molar-refractivity contribution in [3.8, 4) is 0 Å². The Kier molecular flexibility index (Phi) is 7.29. The van der Waals surface area contributed by atoms with Crippen LogP contribution >= 0.6 is 0 Å². The highest BCUT2D eigenvalue weighted by atomic mass is 16.3. The van der Waals surface area contributed by atoms with E-state index in [1.807, 2.05) is 0 Å². The van der Waals surface area contributed by atoms with Crippen molar-refractivity contribution in [2.24, 2.45) is 5.41 Å². The number of hydrogen-bond acceptors (Lipinski definition) is 2. The van der Waals surface area contributed by atoms with Gasteiger partial charge in [-0.25, -0.2) is 0 Å². The summed E-state index contributed by atoms with van der Waals surface area (Å²) in [4.78, 5) is 0. The zero-order valence-corrected chi connectivity index (χ0v) is 9.05. The zero-order valence-electron chi connectivity index (χ0n) is 9.05. The molecule has 2 nitrogen and oxygen atoms in total. The van der Waals surface area contributed by atoms with Crippen molar-refractivity contribution in [3.05, 3.63) is 0 Å². The number of unbranched alkanes of at least 4 members (excludes halogenated alkanes) is 1. The molecule has 0 unspecified atom stereocenters. The van der Waals surface area contributed by atoms with Crippen molar-refractivity contribution in [1.29, 1.82) is 0 Å². The predicted octanol–water partition coefficient (Wildman–Crippen LogP) is 2.34. The zero-order chi connectivity index (χ0) is 10.2. The third kappa shape index (κ3) is 4.63. The molecule has 0 saturated carbocycles. The van der Waals surface area contributed by atoms with Gasteiger partial charge in [-0.1, -0.05) is 33.1 Å². The molecular formula is C11H24O2. The molecule has 0 fully saturated rings. The van der Waals surface area contributed by atoms with Crippen LogP contribution in [0.5, 0.6) is 0 Å². The molecule has 0 heterocycles. The van der Waals surface area contributed by atoms with E-state index in [0.29, 0.717) is 0 Å². The van der Waals surface area contributed by atoms with Gasteiger partial charge in [0.05, 0.1) is 0 Å². The Labute approximate surface area is 82.0 Å². The van der Waals surface area contributed by atoms with Crippen LogP contribution in [-0.2, 0) is 0 Å². The molecule has 2 N–H and O–H groups in total. The van der Waals surface area contributed by atoms with Gasteiger partial charge in [-0.3, -0.25) is 0 Å². The van der Waals surface area contributed by atoms with Gasteiger partial charge < -0.3 is 10.2 Å². The highest BCUT2D eigenvalue weighted by molar-refractivity contribution is 4.77. The Morgan fingerprint density at radius 1 is 0.923 bits per heavy atom. The molecule has 13 heavy (non-hydrogen) atoms. The Morgan fingerprint density at radius 3 is 1.77 bits per heavy atom. The second-order valence-electron chi connectivity index (χ2n) is 3.90. The topological polar surface area (TPSA) is 40.5 Å². The summed E-state index contributed by atoms with van der Waals surface area (Å²) >= 11 is 0. The lowest BCUT2D eigenvalue weighted by molar-refractivity contribution is 0.116. The highest BCUT2D eigenvalue weighted by Gasteiger charge is 2.25. The number of rotatable bonds is 8. The Bertz CT molecular complexity index is 107. The summed E-state index contributed by atoms with van der Waals surface area (Å²) in [5, 5.41) is 18.0. The first-order chi connectivity index (χ1) is 6.24. The van der Waals surface area contributed by atoms with Gasteiger partial charge in [0, 0.05) is 13.2 Å². The van der Waals surface area contributed by atoms with Gasteiger partial charge in [0.2, 0.25) is 0 Å². The van der Waals surface area contributed by atoms with Crippen LogP contribution in [0.25, 0.3) is 0 Å². The van der Waals surface area contributed by atoms with Crippen molar-refractivity contribution < 1.29 is 10.2 Å². The molecule has 0 bridgehead atoms. The fourth-order valence-electron chi connectivity index (χ4n) is 1.93. The van der Waals surface area contributed by atoms with E-state index in [-0.39, 0.29) is 18.6 Å². The third-order valence-corrected chi connectivity index (χ3v) is 3.09. The molecular weight excluding hydrogens is 164 g/mol. The van der Waals surface area contributed by atoms with E-state index in [1.165, 1.54) is 12.8 Å². The minimum atomic E-state index is 0.194. The van der Waals surface area contributed by atoms with Crippen LogP contribution in [0, 0.1) is 5.41 Å². The summed E-state index contributed by atoms with van der Waals surface area (Å²) in [7, 11) is 0. The number of aliphatic hydroxyl groups excluding tert-OH is 2. The molecule has 0 aromatic carbocycles. The maximum absolute atomic E-state index is 8.98. The maximum Gasteiger partial charge on any atom is 0.0436 e. The molecule has 0 rings (SSSR count).